The minimum absolute atomic E-state index is 0.0823. The summed E-state index contributed by atoms with van der Waals surface area (Å²) in [5.41, 5.74) is -0.914. The van der Waals surface area contributed by atoms with Gasteiger partial charge < -0.3 is 10.4 Å². The molecule has 114 valence electrons. The van der Waals surface area contributed by atoms with Gasteiger partial charge in [-0.25, -0.2) is 4.79 Å². The number of nitrogens with zero attached hydrogens (tertiary/aromatic N) is 1. The van der Waals surface area contributed by atoms with Crippen LogP contribution in [0.4, 0.5) is 11.4 Å². The van der Waals surface area contributed by atoms with Gasteiger partial charge in [-0.05, 0) is 66.3 Å². The van der Waals surface area contributed by atoms with Gasteiger partial charge in [-0.1, -0.05) is 6.92 Å². The zero-order valence-electron chi connectivity index (χ0n) is 11.6. The molecule has 2 rings (SSSR count). The SMILES string of the molecule is CC1CCC(Nc2ccc(I)cc2[N+](=O)[O-])(C(=O)O)CC1. The van der Waals surface area contributed by atoms with Gasteiger partial charge in [0.1, 0.15) is 11.2 Å². The summed E-state index contributed by atoms with van der Waals surface area (Å²) < 4.78 is 0.742. The Balaban J connectivity index is 2.34. The minimum Gasteiger partial charge on any atom is -0.480 e. The molecule has 1 saturated carbocycles. The summed E-state index contributed by atoms with van der Waals surface area (Å²) >= 11 is 2.00. The lowest BCUT2D eigenvalue weighted by atomic mass is 9.77. The second-order valence-electron chi connectivity index (χ2n) is 5.61. The predicted molar refractivity (Wildman–Crippen MR) is 87.4 cm³/mol. The first-order chi connectivity index (χ1) is 9.84. The fraction of sp³-hybridized carbons (Fsp3) is 0.500. The molecule has 0 spiro atoms. The molecule has 0 saturated heterocycles. The Morgan fingerprint density at radius 3 is 2.62 bits per heavy atom. The van der Waals surface area contributed by atoms with E-state index in [1.807, 2.05) is 22.6 Å². The van der Waals surface area contributed by atoms with Crippen LogP contribution in [0, 0.1) is 19.6 Å². The van der Waals surface area contributed by atoms with Gasteiger partial charge in [-0.3, -0.25) is 10.1 Å². The molecule has 0 radical (unpaired) electrons. The van der Waals surface area contributed by atoms with Crippen molar-refractivity contribution in [3.05, 3.63) is 31.9 Å². The number of rotatable bonds is 4. The maximum atomic E-state index is 11.7. The van der Waals surface area contributed by atoms with Crippen LogP contribution in [0.5, 0.6) is 0 Å². The van der Waals surface area contributed by atoms with Crippen LogP contribution in [0.1, 0.15) is 32.6 Å². The van der Waals surface area contributed by atoms with Crippen molar-refractivity contribution in [3.63, 3.8) is 0 Å². The summed E-state index contributed by atoms with van der Waals surface area (Å²) in [5.74, 6) is -0.451. The Hall–Kier alpha value is -1.38. The summed E-state index contributed by atoms with van der Waals surface area (Å²) in [6, 6.07) is 4.77. The van der Waals surface area contributed by atoms with E-state index in [9.17, 15) is 20.0 Å². The van der Waals surface area contributed by atoms with E-state index >= 15 is 0 Å². The standard InChI is InChI=1S/C14H17IN2O4/c1-9-4-6-14(7-5-9,13(18)19)16-11-3-2-10(15)8-12(11)17(20)21/h2-3,8-9,16H,4-7H2,1H3,(H,18,19). The lowest BCUT2D eigenvalue weighted by molar-refractivity contribution is -0.384. The van der Waals surface area contributed by atoms with Crippen LogP contribution in [0.3, 0.4) is 0 Å². The molecule has 1 aromatic rings. The zero-order valence-corrected chi connectivity index (χ0v) is 13.8. The maximum Gasteiger partial charge on any atom is 0.329 e. The molecule has 0 amide bonds. The molecule has 2 N–H and O–H groups in total. The molecule has 0 aliphatic heterocycles. The van der Waals surface area contributed by atoms with Gasteiger partial charge in [-0.2, -0.15) is 0 Å². The first-order valence-electron chi connectivity index (χ1n) is 6.79. The molecule has 0 aromatic heterocycles. The molecular weight excluding hydrogens is 387 g/mol. The number of carboxylic acids is 1. The lowest BCUT2D eigenvalue weighted by Crippen LogP contribution is -2.49. The van der Waals surface area contributed by atoms with Gasteiger partial charge in [0.25, 0.3) is 5.69 Å². The number of aliphatic carboxylic acids is 1. The van der Waals surface area contributed by atoms with E-state index in [1.165, 1.54) is 6.07 Å². The Kier molecular flexibility index (Phi) is 4.70. The van der Waals surface area contributed by atoms with Crippen molar-refractivity contribution >= 4 is 39.9 Å². The van der Waals surface area contributed by atoms with Crippen LogP contribution in [0.15, 0.2) is 18.2 Å². The van der Waals surface area contributed by atoms with Crippen molar-refractivity contribution in [2.24, 2.45) is 5.92 Å². The molecule has 0 unspecified atom stereocenters. The number of nitro groups is 1. The summed E-state index contributed by atoms with van der Waals surface area (Å²) in [6.45, 7) is 2.10. The van der Waals surface area contributed by atoms with Crippen molar-refractivity contribution in [1.29, 1.82) is 0 Å². The van der Waals surface area contributed by atoms with Crippen LogP contribution in [-0.2, 0) is 4.79 Å². The molecule has 1 aliphatic rings. The van der Waals surface area contributed by atoms with Crippen LogP contribution in [0.2, 0.25) is 0 Å². The number of halogens is 1. The zero-order chi connectivity index (χ0) is 15.6. The number of hydrogen-bond donors (Lipinski definition) is 2. The number of nitro benzene ring substituents is 1. The van der Waals surface area contributed by atoms with E-state index in [4.69, 9.17) is 0 Å². The van der Waals surface area contributed by atoms with E-state index < -0.39 is 16.4 Å². The largest absolute Gasteiger partial charge is 0.480 e. The predicted octanol–water partition coefficient (Wildman–Crippen LogP) is 3.64. The third-order valence-corrected chi connectivity index (χ3v) is 4.74. The van der Waals surface area contributed by atoms with Crippen LogP contribution in [0.25, 0.3) is 0 Å². The van der Waals surface area contributed by atoms with Crippen molar-refractivity contribution in [2.45, 2.75) is 38.1 Å². The average Bonchev–Trinajstić information content (AvgIpc) is 2.43. The quantitative estimate of drug-likeness (QED) is 0.454. The Morgan fingerprint density at radius 1 is 1.48 bits per heavy atom. The molecule has 6 nitrogen and oxygen atoms in total. The smallest absolute Gasteiger partial charge is 0.329 e. The molecule has 0 bridgehead atoms. The normalized spacial score (nSPS) is 25.3. The van der Waals surface area contributed by atoms with E-state index in [1.54, 1.807) is 12.1 Å². The fourth-order valence-electron chi connectivity index (χ4n) is 2.67. The van der Waals surface area contributed by atoms with Crippen molar-refractivity contribution < 1.29 is 14.8 Å². The highest BCUT2D eigenvalue weighted by Gasteiger charge is 2.42. The molecule has 0 heterocycles. The van der Waals surface area contributed by atoms with Gasteiger partial charge in [0.05, 0.1) is 4.92 Å². The Labute approximate surface area is 136 Å². The van der Waals surface area contributed by atoms with E-state index in [2.05, 4.69) is 12.2 Å². The number of nitrogens with one attached hydrogen (secondary N) is 1. The molecule has 0 atom stereocenters. The molecule has 1 aliphatic carbocycles. The second-order valence-corrected chi connectivity index (χ2v) is 6.86. The second kappa shape index (κ2) is 6.17. The molecular formula is C14H17IN2O4. The molecule has 1 aromatic carbocycles. The molecule has 7 heteroatoms. The van der Waals surface area contributed by atoms with Gasteiger partial charge in [0.2, 0.25) is 0 Å². The highest BCUT2D eigenvalue weighted by molar-refractivity contribution is 14.1. The third-order valence-electron chi connectivity index (χ3n) is 4.07. The van der Waals surface area contributed by atoms with Gasteiger partial charge >= 0.3 is 5.97 Å². The first kappa shape index (κ1) is 16.0. The number of carbonyl (C=O) groups is 1. The van der Waals surface area contributed by atoms with Crippen molar-refractivity contribution in [1.82, 2.24) is 0 Å². The summed E-state index contributed by atoms with van der Waals surface area (Å²) in [5, 5.41) is 23.7. The molecule has 1 fully saturated rings. The number of carboxylic acid groups (broad SMARTS) is 1. The lowest BCUT2D eigenvalue weighted by Gasteiger charge is -2.37. The summed E-state index contributed by atoms with van der Waals surface area (Å²) in [6.07, 6.45) is 2.56. The van der Waals surface area contributed by atoms with Gasteiger partial charge in [0.15, 0.2) is 0 Å². The molecule has 21 heavy (non-hydrogen) atoms. The van der Waals surface area contributed by atoms with Gasteiger partial charge in [-0.15, -0.1) is 0 Å². The van der Waals surface area contributed by atoms with Crippen LogP contribution in [-0.4, -0.2) is 21.5 Å². The first-order valence-corrected chi connectivity index (χ1v) is 7.87. The van der Waals surface area contributed by atoms with E-state index in [0.717, 1.165) is 16.4 Å². The Bertz CT molecular complexity index is 568. The number of hydrogen-bond acceptors (Lipinski definition) is 4. The maximum absolute atomic E-state index is 11.7. The van der Waals surface area contributed by atoms with E-state index in [0.29, 0.717) is 18.8 Å². The van der Waals surface area contributed by atoms with Crippen molar-refractivity contribution in [3.8, 4) is 0 Å². The monoisotopic (exact) mass is 404 g/mol. The van der Waals surface area contributed by atoms with Crippen LogP contribution >= 0.6 is 22.6 Å². The summed E-state index contributed by atoms with van der Waals surface area (Å²) in [7, 11) is 0. The van der Waals surface area contributed by atoms with Crippen molar-refractivity contribution in [2.75, 3.05) is 5.32 Å². The average molecular weight is 404 g/mol. The highest BCUT2D eigenvalue weighted by Crippen LogP contribution is 2.37. The topological polar surface area (TPSA) is 92.5 Å². The van der Waals surface area contributed by atoms with Gasteiger partial charge in [0, 0.05) is 9.64 Å². The van der Waals surface area contributed by atoms with E-state index in [-0.39, 0.29) is 11.4 Å². The number of anilines is 1. The highest BCUT2D eigenvalue weighted by atomic mass is 127. The third kappa shape index (κ3) is 3.45. The Morgan fingerprint density at radius 2 is 2.10 bits per heavy atom. The van der Waals surface area contributed by atoms with Crippen LogP contribution < -0.4 is 5.32 Å². The summed E-state index contributed by atoms with van der Waals surface area (Å²) in [4.78, 5) is 22.4. The number of benzene rings is 1. The minimum atomic E-state index is -1.11. The fourth-order valence-corrected chi connectivity index (χ4v) is 3.14.